The van der Waals surface area contributed by atoms with Crippen molar-refractivity contribution in [1.82, 2.24) is 9.80 Å². The lowest BCUT2D eigenvalue weighted by Crippen LogP contribution is -2.51. The number of hydrogen-bond donors (Lipinski definition) is 0. The van der Waals surface area contributed by atoms with Crippen molar-refractivity contribution in [1.29, 1.82) is 0 Å². The summed E-state index contributed by atoms with van der Waals surface area (Å²) >= 11 is 0. The monoisotopic (exact) mass is 389 g/mol. The number of amides is 1. The molecule has 0 aliphatic carbocycles. The Kier molecular flexibility index (Phi) is 6.80. The van der Waals surface area contributed by atoms with E-state index in [4.69, 9.17) is 0 Å². The minimum absolute atomic E-state index is 0.0405. The predicted molar refractivity (Wildman–Crippen MR) is 87.1 cm³/mol. The van der Waals surface area contributed by atoms with E-state index in [1.165, 1.54) is 0 Å². The Morgan fingerprint density at radius 1 is 1.26 bits per heavy atom. The molecular formula is C18H21F4N2O3-. The largest absolute Gasteiger partial charge is 0.530 e. The summed E-state index contributed by atoms with van der Waals surface area (Å²) < 4.78 is 53.1. The van der Waals surface area contributed by atoms with Gasteiger partial charge in [-0.1, -0.05) is 13.0 Å². The number of carbonyl (C=O) groups is 2. The predicted octanol–water partition coefficient (Wildman–Crippen LogP) is 2.43. The zero-order chi connectivity index (χ0) is 20.2. The van der Waals surface area contributed by atoms with Gasteiger partial charge in [0.25, 0.3) is 0 Å². The van der Waals surface area contributed by atoms with Gasteiger partial charge < -0.3 is 14.8 Å². The Bertz CT molecular complexity index is 686. The van der Waals surface area contributed by atoms with Gasteiger partial charge in [-0.15, -0.1) is 0 Å². The standard InChI is InChI=1S/C18H22F4N2O3/c1-2-15(25)11-24(14-5-7-23(8-6-14)17(26)27)10-12-3-4-13(19)9-16(12)18(20,21)22/h3-4,9,14H,2,5-8,10-11H2,1H3,(H,26,27)/p-1. The Hall–Kier alpha value is -2.16. The number of ketones is 1. The second kappa shape index (κ2) is 8.69. The molecule has 5 nitrogen and oxygen atoms in total. The van der Waals surface area contributed by atoms with E-state index in [0.717, 1.165) is 17.0 Å². The van der Waals surface area contributed by atoms with Crippen molar-refractivity contribution in [2.24, 2.45) is 0 Å². The first kappa shape index (κ1) is 21.1. The normalized spacial score (nSPS) is 16.0. The van der Waals surface area contributed by atoms with Crippen LogP contribution in [0.2, 0.25) is 0 Å². The fraction of sp³-hybridized carbons (Fsp3) is 0.556. The molecule has 0 aromatic heterocycles. The van der Waals surface area contributed by atoms with Crippen molar-refractivity contribution in [2.75, 3.05) is 19.6 Å². The Labute approximate surface area is 154 Å². The number of Topliss-reactive ketones (excluding diaryl/α,β-unsaturated/α-hetero) is 1. The molecule has 0 N–H and O–H groups in total. The topological polar surface area (TPSA) is 63.7 Å². The molecule has 0 unspecified atom stereocenters. The van der Waals surface area contributed by atoms with Crippen molar-refractivity contribution in [3.8, 4) is 0 Å². The molecule has 1 saturated heterocycles. The molecule has 1 aliphatic rings. The Morgan fingerprint density at radius 2 is 1.89 bits per heavy atom. The molecular weight excluding hydrogens is 368 g/mol. The van der Waals surface area contributed by atoms with Crippen LogP contribution in [-0.2, 0) is 17.5 Å². The van der Waals surface area contributed by atoms with Gasteiger partial charge in [-0.05, 0) is 30.5 Å². The average molecular weight is 389 g/mol. The number of benzene rings is 1. The van der Waals surface area contributed by atoms with Gasteiger partial charge in [0.05, 0.1) is 12.1 Å². The molecule has 2 rings (SSSR count). The summed E-state index contributed by atoms with van der Waals surface area (Å²) in [7, 11) is 0. The highest BCUT2D eigenvalue weighted by atomic mass is 19.4. The number of halogens is 4. The first-order valence-corrected chi connectivity index (χ1v) is 8.69. The van der Waals surface area contributed by atoms with Gasteiger partial charge in [-0.3, -0.25) is 9.69 Å². The molecule has 1 aliphatic heterocycles. The number of carbonyl (C=O) groups excluding carboxylic acids is 2. The third kappa shape index (κ3) is 5.66. The molecule has 1 heterocycles. The van der Waals surface area contributed by atoms with Gasteiger partial charge >= 0.3 is 6.18 Å². The van der Waals surface area contributed by atoms with Crippen LogP contribution >= 0.6 is 0 Å². The van der Waals surface area contributed by atoms with E-state index in [-0.39, 0.29) is 50.0 Å². The maximum atomic E-state index is 13.3. The highest BCUT2D eigenvalue weighted by Gasteiger charge is 2.35. The van der Waals surface area contributed by atoms with Crippen LogP contribution in [0.3, 0.4) is 0 Å². The van der Waals surface area contributed by atoms with Crippen molar-refractivity contribution >= 4 is 11.9 Å². The molecule has 0 saturated carbocycles. The van der Waals surface area contributed by atoms with Crippen LogP contribution in [0.4, 0.5) is 22.4 Å². The van der Waals surface area contributed by atoms with Gasteiger partial charge in [-0.25, -0.2) is 4.39 Å². The molecule has 0 spiro atoms. The summed E-state index contributed by atoms with van der Waals surface area (Å²) in [6, 6.07) is 2.25. The number of hydrogen-bond acceptors (Lipinski definition) is 4. The molecule has 1 aromatic rings. The van der Waals surface area contributed by atoms with Crippen molar-refractivity contribution in [2.45, 2.75) is 44.9 Å². The molecule has 0 radical (unpaired) electrons. The van der Waals surface area contributed by atoms with Gasteiger partial charge in [0, 0.05) is 32.1 Å². The minimum Gasteiger partial charge on any atom is -0.530 e. The molecule has 0 bridgehead atoms. The van der Waals surface area contributed by atoms with E-state index in [0.29, 0.717) is 18.9 Å². The first-order chi connectivity index (χ1) is 12.6. The highest BCUT2D eigenvalue weighted by molar-refractivity contribution is 5.80. The zero-order valence-corrected chi connectivity index (χ0v) is 14.9. The number of rotatable bonds is 6. The molecule has 1 aromatic carbocycles. The van der Waals surface area contributed by atoms with E-state index >= 15 is 0 Å². The number of likely N-dealkylation sites (tertiary alicyclic amines) is 1. The second-order valence-electron chi connectivity index (χ2n) is 6.58. The van der Waals surface area contributed by atoms with Gasteiger partial charge in [0.2, 0.25) is 0 Å². The average Bonchev–Trinajstić information content (AvgIpc) is 2.61. The third-order valence-electron chi connectivity index (χ3n) is 4.76. The van der Waals surface area contributed by atoms with E-state index in [1.807, 2.05) is 0 Å². The van der Waals surface area contributed by atoms with Crippen LogP contribution in [0.5, 0.6) is 0 Å². The van der Waals surface area contributed by atoms with Gasteiger partial charge in [0.1, 0.15) is 17.7 Å². The summed E-state index contributed by atoms with van der Waals surface area (Å²) in [6.45, 7) is 1.84. The summed E-state index contributed by atoms with van der Waals surface area (Å²) in [5.41, 5.74) is -1.18. The summed E-state index contributed by atoms with van der Waals surface area (Å²) in [4.78, 5) is 25.6. The molecule has 27 heavy (non-hydrogen) atoms. The minimum atomic E-state index is -4.71. The Morgan fingerprint density at radius 3 is 2.41 bits per heavy atom. The smallest absolute Gasteiger partial charge is 0.416 e. The van der Waals surface area contributed by atoms with Crippen LogP contribution in [0.25, 0.3) is 0 Å². The third-order valence-corrected chi connectivity index (χ3v) is 4.76. The summed E-state index contributed by atoms with van der Waals surface area (Å²) in [5.74, 6) is -1.11. The lowest BCUT2D eigenvalue weighted by Gasteiger charge is -2.39. The van der Waals surface area contributed by atoms with E-state index < -0.39 is 23.7 Å². The van der Waals surface area contributed by atoms with Crippen molar-refractivity contribution in [3.05, 3.63) is 35.1 Å². The van der Waals surface area contributed by atoms with E-state index in [2.05, 4.69) is 0 Å². The van der Waals surface area contributed by atoms with Crippen LogP contribution in [0.1, 0.15) is 37.3 Å². The lowest BCUT2D eigenvalue weighted by atomic mass is 10.00. The number of alkyl halides is 3. The highest BCUT2D eigenvalue weighted by Crippen LogP contribution is 2.33. The van der Waals surface area contributed by atoms with E-state index in [9.17, 15) is 32.3 Å². The SMILES string of the molecule is CCC(=O)CN(Cc1ccc(F)cc1C(F)(F)F)C1CCN(C(=O)[O-])CC1. The molecule has 150 valence electrons. The molecule has 0 atom stereocenters. The Balaban J connectivity index is 2.23. The molecule has 1 fully saturated rings. The van der Waals surface area contributed by atoms with Crippen LogP contribution in [0.15, 0.2) is 18.2 Å². The van der Waals surface area contributed by atoms with E-state index in [1.54, 1.807) is 11.8 Å². The fourth-order valence-corrected chi connectivity index (χ4v) is 3.24. The van der Waals surface area contributed by atoms with Crippen molar-refractivity contribution in [3.63, 3.8) is 0 Å². The molecule has 1 amide bonds. The van der Waals surface area contributed by atoms with Gasteiger partial charge in [0.15, 0.2) is 0 Å². The number of piperidine rings is 1. The number of carboxylic acid groups (broad SMARTS) is 1. The van der Waals surface area contributed by atoms with Crippen LogP contribution < -0.4 is 5.11 Å². The maximum Gasteiger partial charge on any atom is 0.416 e. The number of nitrogens with zero attached hydrogens (tertiary/aromatic N) is 2. The first-order valence-electron chi connectivity index (χ1n) is 8.69. The maximum absolute atomic E-state index is 13.3. The van der Waals surface area contributed by atoms with Gasteiger partial charge in [-0.2, -0.15) is 13.2 Å². The second-order valence-corrected chi connectivity index (χ2v) is 6.58. The molecule has 9 heteroatoms. The lowest BCUT2D eigenvalue weighted by molar-refractivity contribution is -0.266. The van der Waals surface area contributed by atoms with Crippen LogP contribution in [0, 0.1) is 5.82 Å². The quantitative estimate of drug-likeness (QED) is 0.701. The van der Waals surface area contributed by atoms with Crippen molar-refractivity contribution < 1.29 is 32.3 Å². The summed E-state index contributed by atoms with van der Waals surface area (Å²) in [6.07, 6.45) is -5.00. The fourth-order valence-electron chi connectivity index (χ4n) is 3.24. The zero-order valence-electron chi connectivity index (χ0n) is 14.9. The summed E-state index contributed by atoms with van der Waals surface area (Å²) in [5, 5.41) is 10.9. The van der Waals surface area contributed by atoms with Crippen LogP contribution in [-0.4, -0.2) is 47.4 Å².